The molecule has 0 aliphatic heterocycles. The minimum atomic E-state index is -3.46. The van der Waals surface area contributed by atoms with Crippen LogP contribution in [-0.4, -0.2) is 31.9 Å². The van der Waals surface area contributed by atoms with Crippen molar-refractivity contribution in [2.45, 2.75) is 11.8 Å². The lowest BCUT2D eigenvalue weighted by Crippen LogP contribution is -2.14. The van der Waals surface area contributed by atoms with E-state index in [1.165, 1.54) is 31.2 Å². The van der Waals surface area contributed by atoms with E-state index in [1.54, 1.807) is 0 Å². The highest BCUT2D eigenvalue weighted by atomic mass is 32.2. The third-order valence-electron chi connectivity index (χ3n) is 1.85. The lowest BCUT2D eigenvalue weighted by molar-refractivity contribution is -0.140. The monoisotopic (exact) mass is 244 g/mol. The first-order chi connectivity index (χ1) is 7.42. The Morgan fingerprint density at radius 3 is 2.38 bits per heavy atom. The fourth-order valence-corrected chi connectivity index (χ4v) is 2.16. The van der Waals surface area contributed by atoms with Crippen molar-refractivity contribution >= 4 is 15.8 Å². The molecule has 0 heterocycles. The van der Waals surface area contributed by atoms with E-state index in [0.29, 0.717) is 0 Å². The maximum Gasteiger partial charge on any atom is 0.302 e. The number of hydrogen-bond acceptors (Lipinski definition) is 5. The molecule has 0 aliphatic carbocycles. The van der Waals surface area contributed by atoms with Crippen molar-refractivity contribution in [1.29, 1.82) is 0 Å². The van der Waals surface area contributed by atoms with Crippen molar-refractivity contribution in [3.05, 3.63) is 24.3 Å². The Hall–Kier alpha value is -1.56. The molecule has 0 amide bonds. The van der Waals surface area contributed by atoms with Crippen LogP contribution in [0.3, 0.4) is 0 Å². The second-order valence-corrected chi connectivity index (χ2v) is 5.26. The van der Waals surface area contributed by atoms with E-state index in [1.807, 2.05) is 0 Å². The molecular formula is C10H12O5S. The Balaban J connectivity index is 2.71. The van der Waals surface area contributed by atoms with Gasteiger partial charge in [-0.1, -0.05) is 0 Å². The molecule has 0 atom stereocenters. The first-order valence-corrected chi connectivity index (χ1v) is 6.22. The summed E-state index contributed by atoms with van der Waals surface area (Å²) in [6, 6.07) is 5.19. The second-order valence-electron chi connectivity index (χ2n) is 3.15. The van der Waals surface area contributed by atoms with Crippen molar-refractivity contribution < 1.29 is 23.1 Å². The lowest BCUT2D eigenvalue weighted by atomic mass is 10.3. The van der Waals surface area contributed by atoms with Gasteiger partial charge in [0.2, 0.25) is 0 Å². The van der Waals surface area contributed by atoms with Gasteiger partial charge >= 0.3 is 5.97 Å². The van der Waals surface area contributed by atoms with Gasteiger partial charge in [-0.25, -0.2) is 8.42 Å². The summed E-state index contributed by atoms with van der Waals surface area (Å²) < 4.78 is 27.9. The normalized spacial score (nSPS) is 11.1. The molecule has 6 heteroatoms. The molecule has 0 spiro atoms. The third-order valence-corrected chi connectivity index (χ3v) is 3.55. The molecule has 5 nitrogen and oxygen atoms in total. The van der Waals surface area contributed by atoms with Gasteiger partial charge < -0.3 is 9.84 Å². The van der Waals surface area contributed by atoms with Crippen molar-refractivity contribution in [3.63, 3.8) is 0 Å². The summed E-state index contributed by atoms with van der Waals surface area (Å²) in [5.41, 5.74) is 0. The summed E-state index contributed by atoms with van der Waals surface area (Å²) in [6.07, 6.45) is 0. The summed E-state index contributed by atoms with van der Waals surface area (Å²) in [5.74, 6) is -0.781. The predicted octanol–water partition coefficient (Wildman–Crippen LogP) is 0.729. The Bertz CT molecular complexity index is 460. The lowest BCUT2D eigenvalue weighted by Gasteiger charge is -2.04. The average Bonchev–Trinajstić information content (AvgIpc) is 2.17. The number of rotatable bonds is 4. The summed E-state index contributed by atoms with van der Waals surface area (Å²) in [4.78, 5) is 10.6. The number of phenolic OH excluding ortho intramolecular Hbond substituents is 1. The Morgan fingerprint density at radius 1 is 1.31 bits per heavy atom. The van der Waals surface area contributed by atoms with Crippen LogP contribution in [0.1, 0.15) is 6.92 Å². The van der Waals surface area contributed by atoms with Gasteiger partial charge in [0.15, 0.2) is 9.84 Å². The van der Waals surface area contributed by atoms with Crippen LogP contribution in [0.4, 0.5) is 0 Å². The minimum absolute atomic E-state index is 0.000985. The molecule has 1 rings (SSSR count). The van der Waals surface area contributed by atoms with Gasteiger partial charge in [0.25, 0.3) is 0 Å². The van der Waals surface area contributed by atoms with Crippen molar-refractivity contribution in [2.75, 3.05) is 12.4 Å². The molecule has 1 aromatic carbocycles. The largest absolute Gasteiger partial charge is 0.508 e. The number of phenols is 1. The standard InChI is InChI=1S/C10H12O5S/c1-8(11)15-6-7-16(13,14)10-4-2-9(12)3-5-10/h2-5,12H,6-7H2,1H3. The van der Waals surface area contributed by atoms with Gasteiger partial charge in [0.05, 0.1) is 10.6 Å². The number of esters is 1. The Labute approximate surface area is 93.6 Å². The average molecular weight is 244 g/mol. The van der Waals surface area contributed by atoms with Gasteiger partial charge in [0.1, 0.15) is 12.4 Å². The molecule has 0 unspecified atom stereocenters. The number of hydrogen-bond donors (Lipinski definition) is 1. The van der Waals surface area contributed by atoms with E-state index in [2.05, 4.69) is 4.74 Å². The van der Waals surface area contributed by atoms with Crippen molar-refractivity contribution in [1.82, 2.24) is 0 Å². The van der Waals surface area contributed by atoms with E-state index >= 15 is 0 Å². The van der Waals surface area contributed by atoms with E-state index < -0.39 is 15.8 Å². The molecule has 16 heavy (non-hydrogen) atoms. The zero-order valence-corrected chi connectivity index (χ0v) is 9.53. The second kappa shape index (κ2) is 4.98. The summed E-state index contributed by atoms with van der Waals surface area (Å²) in [6.45, 7) is 1.05. The van der Waals surface area contributed by atoms with Crippen LogP contribution in [0, 0.1) is 0 Å². The van der Waals surface area contributed by atoms with Gasteiger partial charge in [-0.2, -0.15) is 0 Å². The number of carbonyl (C=O) groups excluding carboxylic acids is 1. The smallest absolute Gasteiger partial charge is 0.302 e. The summed E-state index contributed by atoms with van der Waals surface area (Å²) >= 11 is 0. The first-order valence-electron chi connectivity index (χ1n) is 4.57. The van der Waals surface area contributed by atoms with Gasteiger partial charge in [-0.05, 0) is 24.3 Å². The number of sulfone groups is 1. The molecule has 0 saturated heterocycles. The van der Waals surface area contributed by atoms with E-state index in [0.717, 1.165) is 0 Å². The zero-order valence-electron chi connectivity index (χ0n) is 8.71. The molecule has 1 N–H and O–H groups in total. The van der Waals surface area contributed by atoms with Crippen LogP contribution in [0.25, 0.3) is 0 Å². The van der Waals surface area contributed by atoms with Crippen LogP contribution in [-0.2, 0) is 19.4 Å². The van der Waals surface area contributed by atoms with Gasteiger partial charge in [0, 0.05) is 6.92 Å². The van der Waals surface area contributed by atoms with Crippen molar-refractivity contribution in [3.8, 4) is 5.75 Å². The molecule has 88 valence electrons. The van der Waals surface area contributed by atoms with Gasteiger partial charge in [-0.3, -0.25) is 4.79 Å². The highest BCUT2D eigenvalue weighted by Crippen LogP contribution is 2.15. The molecule has 0 saturated carbocycles. The van der Waals surface area contributed by atoms with E-state index in [-0.39, 0.29) is 23.0 Å². The molecule has 0 fully saturated rings. The zero-order chi connectivity index (χ0) is 12.2. The number of carbonyl (C=O) groups is 1. The SMILES string of the molecule is CC(=O)OCCS(=O)(=O)c1ccc(O)cc1. The maximum atomic E-state index is 11.7. The van der Waals surface area contributed by atoms with E-state index in [9.17, 15) is 13.2 Å². The fraction of sp³-hybridized carbons (Fsp3) is 0.300. The fourth-order valence-electron chi connectivity index (χ4n) is 1.07. The quantitative estimate of drug-likeness (QED) is 0.790. The van der Waals surface area contributed by atoms with Crippen LogP contribution in [0.15, 0.2) is 29.2 Å². The van der Waals surface area contributed by atoms with Crippen LogP contribution >= 0.6 is 0 Å². The highest BCUT2D eigenvalue weighted by molar-refractivity contribution is 7.91. The van der Waals surface area contributed by atoms with E-state index in [4.69, 9.17) is 5.11 Å². The predicted molar refractivity (Wildman–Crippen MR) is 56.8 cm³/mol. The Kier molecular flexibility index (Phi) is 3.89. The first kappa shape index (κ1) is 12.5. The molecular weight excluding hydrogens is 232 g/mol. The third kappa shape index (κ3) is 3.54. The molecule has 0 aromatic heterocycles. The summed E-state index contributed by atoms with van der Waals surface area (Å²) in [7, 11) is -3.46. The van der Waals surface area contributed by atoms with Crippen molar-refractivity contribution in [2.24, 2.45) is 0 Å². The topological polar surface area (TPSA) is 80.7 Å². The number of ether oxygens (including phenoxy) is 1. The highest BCUT2D eigenvalue weighted by Gasteiger charge is 2.14. The number of benzene rings is 1. The molecule has 1 aromatic rings. The minimum Gasteiger partial charge on any atom is -0.508 e. The Morgan fingerprint density at radius 2 is 1.88 bits per heavy atom. The molecule has 0 bridgehead atoms. The number of aromatic hydroxyl groups is 1. The molecule has 0 aliphatic rings. The maximum absolute atomic E-state index is 11.7. The van der Waals surface area contributed by atoms with Crippen LogP contribution < -0.4 is 0 Å². The van der Waals surface area contributed by atoms with Gasteiger partial charge in [-0.15, -0.1) is 0 Å². The van der Waals surface area contributed by atoms with Crippen LogP contribution in [0.2, 0.25) is 0 Å². The summed E-state index contributed by atoms with van der Waals surface area (Å²) in [5, 5.41) is 9.01. The van der Waals surface area contributed by atoms with Crippen LogP contribution in [0.5, 0.6) is 5.75 Å². The molecule has 0 radical (unpaired) electrons.